The van der Waals surface area contributed by atoms with Gasteiger partial charge in [0.15, 0.2) is 0 Å². The Labute approximate surface area is 122 Å². The van der Waals surface area contributed by atoms with Crippen LogP contribution in [0.25, 0.3) is 0 Å². The zero-order chi connectivity index (χ0) is 15.6. The maximum Gasteiger partial charge on any atom is 0.257 e. The fraction of sp³-hybridized carbons (Fsp3) is 0.235. The van der Waals surface area contributed by atoms with Crippen LogP contribution in [-0.2, 0) is 0 Å². The van der Waals surface area contributed by atoms with E-state index in [0.717, 1.165) is 28.8 Å². The molecule has 110 valence electrons. The molecule has 1 N–H and O–H groups in total. The number of halogens is 2. The van der Waals surface area contributed by atoms with E-state index in [4.69, 9.17) is 0 Å². The Balaban J connectivity index is 2.21. The van der Waals surface area contributed by atoms with Gasteiger partial charge < -0.3 is 5.32 Å². The third kappa shape index (κ3) is 3.27. The summed E-state index contributed by atoms with van der Waals surface area (Å²) in [6.45, 7) is 5.75. The van der Waals surface area contributed by atoms with Crippen LogP contribution in [0.5, 0.6) is 0 Å². The lowest BCUT2D eigenvalue weighted by Crippen LogP contribution is -2.28. The van der Waals surface area contributed by atoms with E-state index in [1.807, 2.05) is 32.0 Å². The molecule has 1 atom stereocenters. The van der Waals surface area contributed by atoms with Crippen molar-refractivity contribution in [3.8, 4) is 0 Å². The van der Waals surface area contributed by atoms with Crippen molar-refractivity contribution >= 4 is 5.91 Å². The highest BCUT2D eigenvalue weighted by molar-refractivity contribution is 5.95. The number of amides is 1. The second kappa shape index (κ2) is 6.04. The summed E-state index contributed by atoms with van der Waals surface area (Å²) in [5.41, 5.74) is 2.60. The van der Waals surface area contributed by atoms with Gasteiger partial charge in [0, 0.05) is 0 Å². The van der Waals surface area contributed by atoms with E-state index >= 15 is 0 Å². The Bertz CT molecular complexity index is 662. The van der Waals surface area contributed by atoms with Crippen molar-refractivity contribution in [3.05, 3.63) is 70.3 Å². The van der Waals surface area contributed by atoms with Crippen molar-refractivity contribution in [3.63, 3.8) is 0 Å². The molecule has 0 aliphatic carbocycles. The standard InChI is InChI=1S/C17H17F2NO/c1-10-7-8-13(9-11(10)2)12(3)20-17(21)16-14(18)5-4-6-15(16)19/h4-9,12H,1-3H3,(H,20,21)/t12-/m0/s1. The maximum absolute atomic E-state index is 13.6. The molecular formula is C17H17F2NO. The molecule has 0 aliphatic heterocycles. The number of nitrogens with one attached hydrogen (secondary N) is 1. The lowest BCUT2D eigenvalue weighted by molar-refractivity contribution is 0.0931. The minimum atomic E-state index is -0.861. The van der Waals surface area contributed by atoms with Crippen molar-refractivity contribution in [2.75, 3.05) is 0 Å². The second-order valence-electron chi connectivity index (χ2n) is 5.14. The Morgan fingerprint density at radius 1 is 1.05 bits per heavy atom. The van der Waals surface area contributed by atoms with Crippen LogP contribution >= 0.6 is 0 Å². The fourth-order valence-corrected chi connectivity index (χ4v) is 2.10. The molecule has 0 heterocycles. The van der Waals surface area contributed by atoms with Crippen molar-refractivity contribution in [2.45, 2.75) is 26.8 Å². The summed E-state index contributed by atoms with van der Waals surface area (Å²) >= 11 is 0. The lowest BCUT2D eigenvalue weighted by atomic mass is 10.0. The van der Waals surface area contributed by atoms with Crippen molar-refractivity contribution in [1.82, 2.24) is 5.32 Å². The van der Waals surface area contributed by atoms with Crippen LogP contribution in [0.4, 0.5) is 8.78 Å². The van der Waals surface area contributed by atoms with Gasteiger partial charge in [0.25, 0.3) is 5.91 Å². The molecule has 4 heteroatoms. The second-order valence-corrected chi connectivity index (χ2v) is 5.14. The first-order valence-electron chi connectivity index (χ1n) is 6.72. The quantitative estimate of drug-likeness (QED) is 0.906. The molecule has 2 nitrogen and oxygen atoms in total. The van der Waals surface area contributed by atoms with Gasteiger partial charge in [-0.2, -0.15) is 0 Å². The minimum Gasteiger partial charge on any atom is -0.345 e. The Kier molecular flexibility index (Phi) is 4.36. The molecule has 0 aromatic heterocycles. The molecule has 0 aliphatic rings. The topological polar surface area (TPSA) is 29.1 Å². The summed E-state index contributed by atoms with van der Waals surface area (Å²) in [7, 11) is 0. The first kappa shape index (κ1) is 15.2. The summed E-state index contributed by atoms with van der Waals surface area (Å²) in [6, 6.07) is 8.83. The van der Waals surface area contributed by atoms with Gasteiger partial charge in [-0.3, -0.25) is 4.79 Å². The van der Waals surface area contributed by atoms with Gasteiger partial charge in [-0.1, -0.05) is 24.3 Å². The van der Waals surface area contributed by atoms with Crippen molar-refractivity contribution in [1.29, 1.82) is 0 Å². The molecular weight excluding hydrogens is 272 g/mol. The number of rotatable bonds is 3. The summed E-state index contributed by atoms with van der Waals surface area (Å²) < 4.78 is 27.1. The SMILES string of the molecule is Cc1ccc([C@H](C)NC(=O)c2c(F)cccc2F)cc1C. The molecule has 0 saturated carbocycles. The predicted molar refractivity (Wildman–Crippen MR) is 78.2 cm³/mol. The number of hydrogen-bond acceptors (Lipinski definition) is 1. The Morgan fingerprint density at radius 3 is 2.24 bits per heavy atom. The van der Waals surface area contributed by atoms with Gasteiger partial charge in [-0.05, 0) is 49.6 Å². The first-order valence-corrected chi connectivity index (χ1v) is 6.72. The van der Waals surface area contributed by atoms with Gasteiger partial charge >= 0.3 is 0 Å². The molecule has 2 rings (SSSR count). The molecule has 0 bridgehead atoms. The highest BCUT2D eigenvalue weighted by Gasteiger charge is 2.19. The van der Waals surface area contributed by atoms with E-state index < -0.39 is 23.1 Å². The van der Waals surface area contributed by atoms with E-state index in [2.05, 4.69) is 5.32 Å². The number of benzene rings is 2. The fourth-order valence-electron chi connectivity index (χ4n) is 2.10. The summed E-state index contributed by atoms with van der Waals surface area (Å²) in [5.74, 6) is -2.48. The Hall–Kier alpha value is -2.23. The highest BCUT2D eigenvalue weighted by Crippen LogP contribution is 2.18. The summed E-state index contributed by atoms with van der Waals surface area (Å²) in [6.07, 6.45) is 0. The van der Waals surface area contributed by atoms with Crippen molar-refractivity contribution in [2.24, 2.45) is 0 Å². The maximum atomic E-state index is 13.6. The third-order valence-corrected chi connectivity index (χ3v) is 3.57. The van der Waals surface area contributed by atoms with Gasteiger partial charge in [0.1, 0.15) is 17.2 Å². The zero-order valence-corrected chi connectivity index (χ0v) is 12.2. The highest BCUT2D eigenvalue weighted by atomic mass is 19.1. The van der Waals surface area contributed by atoms with Crippen LogP contribution in [0, 0.1) is 25.5 Å². The minimum absolute atomic E-state index is 0.337. The predicted octanol–water partition coefficient (Wildman–Crippen LogP) is 4.07. The van der Waals surface area contributed by atoms with Crippen LogP contribution in [0.15, 0.2) is 36.4 Å². The third-order valence-electron chi connectivity index (χ3n) is 3.57. The van der Waals surface area contributed by atoms with Crippen molar-refractivity contribution < 1.29 is 13.6 Å². The average Bonchev–Trinajstić information content (AvgIpc) is 2.41. The first-order chi connectivity index (χ1) is 9.90. The van der Waals surface area contributed by atoms with Crippen LogP contribution in [0.2, 0.25) is 0 Å². The lowest BCUT2D eigenvalue weighted by Gasteiger charge is -2.16. The van der Waals surface area contributed by atoms with E-state index in [1.54, 1.807) is 6.92 Å². The molecule has 0 unspecified atom stereocenters. The molecule has 0 spiro atoms. The van der Waals surface area contributed by atoms with Crippen LogP contribution in [0.1, 0.15) is 40.0 Å². The number of aryl methyl sites for hydroxylation is 2. The number of carbonyl (C=O) groups is 1. The summed E-state index contributed by atoms with van der Waals surface area (Å²) in [4.78, 5) is 12.0. The number of carbonyl (C=O) groups excluding carboxylic acids is 1. The van der Waals surface area contributed by atoms with Gasteiger partial charge in [0.05, 0.1) is 6.04 Å². The monoisotopic (exact) mass is 289 g/mol. The van der Waals surface area contributed by atoms with E-state index in [0.29, 0.717) is 0 Å². The normalized spacial score (nSPS) is 12.0. The molecule has 2 aromatic rings. The molecule has 21 heavy (non-hydrogen) atoms. The van der Waals surface area contributed by atoms with Crippen LogP contribution < -0.4 is 5.32 Å². The zero-order valence-electron chi connectivity index (χ0n) is 12.2. The van der Waals surface area contributed by atoms with E-state index in [-0.39, 0.29) is 6.04 Å². The molecule has 0 radical (unpaired) electrons. The van der Waals surface area contributed by atoms with Crippen LogP contribution in [0.3, 0.4) is 0 Å². The van der Waals surface area contributed by atoms with E-state index in [1.165, 1.54) is 6.07 Å². The number of hydrogen-bond donors (Lipinski definition) is 1. The van der Waals surface area contributed by atoms with Gasteiger partial charge in [0.2, 0.25) is 0 Å². The molecule has 0 fully saturated rings. The van der Waals surface area contributed by atoms with Crippen LogP contribution in [-0.4, -0.2) is 5.91 Å². The Morgan fingerprint density at radius 2 is 1.67 bits per heavy atom. The molecule has 1 amide bonds. The van der Waals surface area contributed by atoms with E-state index in [9.17, 15) is 13.6 Å². The van der Waals surface area contributed by atoms with Gasteiger partial charge in [-0.15, -0.1) is 0 Å². The smallest absolute Gasteiger partial charge is 0.257 e. The average molecular weight is 289 g/mol. The molecule has 0 saturated heterocycles. The van der Waals surface area contributed by atoms with Gasteiger partial charge in [-0.25, -0.2) is 8.78 Å². The summed E-state index contributed by atoms with van der Waals surface area (Å²) in [5, 5.41) is 2.62. The molecule has 2 aromatic carbocycles. The largest absolute Gasteiger partial charge is 0.345 e.